The van der Waals surface area contributed by atoms with E-state index >= 15 is 0 Å². The third-order valence-electron chi connectivity index (χ3n) is 5.04. The summed E-state index contributed by atoms with van der Waals surface area (Å²) in [5, 5.41) is 0. The molecule has 5 heteroatoms. The van der Waals surface area contributed by atoms with Gasteiger partial charge in [0.25, 0.3) is 0 Å². The van der Waals surface area contributed by atoms with E-state index in [-0.39, 0.29) is 11.3 Å². The Morgan fingerprint density at radius 1 is 1.14 bits per heavy atom. The highest BCUT2D eigenvalue weighted by Gasteiger charge is 2.43. The molecule has 0 heterocycles. The number of nitrogens with two attached hydrogens (primary N) is 1. The van der Waals surface area contributed by atoms with Gasteiger partial charge in [0.15, 0.2) is 0 Å². The molecule has 21 heavy (non-hydrogen) atoms. The molecule has 1 rings (SSSR count). The van der Waals surface area contributed by atoms with E-state index in [0.29, 0.717) is 13.1 Å². The van der Waals surface area contributed by atoms with E-state index in [1.807, 2.05) is 13.8 Å². The lowest BCUT2D eigenvalue weighted by atomic mass is 9.75. The van der Waals surface area contributed by atoms with Crippen LogP contribution in [0.25, 0.3) is 0 Å². The maximum absolute atomic E-state index is 12.8. The fraction of sp³-hybridized carbons (Fsp3) is 1.00. The van der Waals surface area contributed by atoms with Gasteiger partial charge in [-0.3, -0.25) is 0 Å². The lowest BCUT2D eigenvalue weighted by Crippen LogP contribution is -2.58. The SMILES string of the molecule is CCCCS(=O)(=O)N(CCC)C1(CN)CCC(CC)CC1. The van der Waals surface area contributed by atoms with Crippen molar-refractivity contribution in [2.24, 2.45) is 11.7 Å². The molecule has 0 saturated heterocycles. The molecular formula is C16H34N2O2S. The zero-order chi connectivity index (χ0) is 15.9. The molecule has 1 aliphatic rings. The van der Waals surface area contributed by atoms with Crippen molar-refractivity contribution < 1.29 is 8.42 Å². The topological polar surface area (TPSA) is 63.4 Å². The van der Waals surface area contributed by atoms with Crippen LogP contribution in [0.4, 0.5) is 0 Å². The second-order valence-corrected chi connectivity index (χ2v) is 8.53. The van der Waals surface area contributed by atoms with E-state index in [1.54, 1.807) is 4.31 Å². The summed E-state index contributed by atoms with van der Waals surface area (Å²) in [5.41, 5.74) is 5.75. The van der Waals surface area contributed by atoms with Crippen molar-refractivity contribution in [2.75, 3.05) is 18.8 Å². The molecule has 126 valence electrons. The highest BCUT2D eigenvalue weighted by Crippen LogP contribution is 2.38. The molecule has 0 amide bonds. The zero-order valence-electron chi connectivity index (χ0n) is 14.1. The fourth-order valence-electron chi connectivity index (χ4n) is 3.49. The summed E-state index contributed by atoms with van der Waals surface area (Å²) in [4.78, 5) is 0. The summed E-state index contributed by atoms with van der Waals surface area (Å²) in [7, 11) is -3.19. The molecule has 1 saturated carbocycles. The maximum Gasteiger partial charge on any atom is 0.214 e. The van der Waals surface area contributed by atoms with Crippen molar-refractivity contribution in [1.29, 1.82) is 0 Å². The normalized spacial score (nSPS) is 27.2. The summed E-state index contributed by atoms with van der Waals surface area (Å²) < 4.78 is 27.3. The highest BCUT2D eigenvalue weighted by molar-refractivity contribution is 7.89. The molecule has 0 radical (unpaired) electrons. The number of hydrogen-bond acceptors (Lipinski definition) is 3. The minimum Gasteiger partial charge on any atom is -0.329 e. The monoisotopic (exact) mass is 318 g/mol. The van der Waals surface area contributed by atoms with Crippen LogP contribution in [0.2, 0.25) is 0 Å². The first-order chi connectivity index (χ1) is 9.95. The van der Waals surface area contributed by atoms with Crippen LogP contribution in [0, 0.1) is 5.92 Å². The standard InChI is InChI=1S/C16H34N2O2S/c1-4-7-13-21(19,20)18(12-5-2)16(14-17)10-8-15(6-3)9-11-16/h15H,4-14,17H2,1-3H3. The maximum atomic E-state index is 12.8. The first-order valence-electron chi connectivity index (χ1n) is 8.66. The first-order valence-corrected chi connectivity index (χ1v) is 10.3. The lowest BCUT2D eigenvalue weighted by molar-refractivity contribution is 0.110. The summed E-state index contributed by atoms with van der Waals surface area (Å²) in [6.07, 6.45) is 7.75. The Hall–Kier alpha value is -0.130. The molecule has 2 N–H and O–H groups in total. The number of unbranched alkanes of at least 4 members (excludes halogenated alkanes) is 1. The van der Waals surface area contributed by atoms with Crippen molar-refractivity contribution >= 4 is 10.0 Å². The molecule has 0 aliphatic heterocycles. The van der Waals surface area contributed by atoms with Gasteiger partial charge in [0.2, 0.25) is 10.0 Å². The Bertz CT molecular complexity index is 387. The molecule has 0 atom stereocenters. The number of hydrogen-bond donors (Lipinski definition) is 1. The third-order valence-corrected chi connectivity index (χ3v) is 7.09. The Morgan fingerprint density at radius 3 is 2.19 bits per heavy atom. The average molecular weight is 319 g/mol. The van der Waals surface area contributed by atoms with Crippen molar-refractivity contribution in [2.45, 2.75) is 77.7 Å². The van der Waals surface area contributed by atoms with Gasteiger partial charge in [0.05, 0.1) is 5.75 Å². The van der Waals surface area contributed by atoms with Gasteiger partial charge in [-0.1, -0.05) is 33.6 Å². The molecule has 0 bridgehead atoms. The van der Waals surface area contributed by atoms with Gasteiger partial charge >= 0.3 is 0 Å². The van der Waals surface area contributed by atoms with E-state index in [9.17, 15) is 8.42 Å². The summed E-state index contributed by atoms with van der Waals surface area (Å²) in [6, 6.07) is 0. The lowest BCUT2D eigenvalue weighted by Gasteiger charge is -2.46. The van der Waals surface area contributed by atoms with Crippen LogP contribution in [-0.2, 0) is 10.0 Å². The van der Waals surface area contributed by atoms with Crippen LogP contribution >= 0.6 is 0 Å². The van der Waals surface area contributed by atoms with Crippen LogP contribution in [0.3, 0.4) is 0 Å². The quantitative estimate of drug-likeness (QED) is 0.710. The van der Waals surface area contributed by atoms with E-state index < -0.39 is 10.0 Å². The van der Waals surface area contributed by atoms with Gasteiger partial charge in [0.1, 0.15) is 0 Å². The Balaban J connectivity index is 2.95. The van der Waals surface area contributed by atoms with Gasteiger partial charge in [-0.05, 0) is 44.4 Å². The summed E-state index contributed by atoms with van der Waals surface area (Å²) in [6.45, 7) is 7.37. The molecule has 0 aromatic heterocycles. The predicted octanol–water partition coefficient (Wildman–Crippen LogP) is 3.13. The minimum atomic E-state index is -3.19. The van der Waals surface area contributed by atoms with Crippen LogP contribution in [0.1, 0.15) is 72.1 Å². The molecule has 1 aliphatic carbocycles. The molecule has 4 nitrogen and oxygen atoms in total. The van der Waals surface area contributed by atoms with Crippen molar-refractivity contribution in [1.82, 2.24) is 4.31 Å². The van der Waals surface area contributed by atoms with Crippen molar-refractivity contribution in [3.8, 4) is 0 Å². The fourth-order valence-corrected chi connectivity index (χ4v) is 5.67. The number of nitrogens with zero attached hydrogens (tertiary/aromatic N) is 1. The Morgan fingerprint density at radius 2 is 1.76 bits per heavy atom. The second-order valence-electron chi connectivity index (χ2n) is 6.52. The van der Waals surface area contributed by atoms with Gasteiger partial charge in [-0.2, -0.15) is 4.31 Å². The van der Waals surface area contributed by atoms with Crippen molar-refractivity contribution in [3.63, 3.8) is 0 Å². The molecule has 0 spiro atoms. The van der Waals surface area contributed by atoms with Crippen LogP contribution in [0.5, 0.6) is 0 Å². The van der Waals surface area contributed by atoms with Gasteiger partial charge in [0, 0.05) is 18.6 Å². The summed E-state index contributed by atoms with van der Waals surface area (Å²) in [5.74, 6) is 1.01. The van der Waals surface area contributed by atoms with Gasteiger partial charge in [-0.25, -0.2) is 8.42 Å². The van der Waals surface area contributed by atoms with Crippen molar-refractivity contribution in [3.05, 3.63) is 0 Å². The first kappa shape index (κ1) is 18.9. The van der Waals surface area contributed by atoms with E-state index in [1.165, 1.54) is 6.42 Å². The predicted molar refractivity (Wildman–Crippen MR) is 89.7 cm³/mol. The molecule has 0 aromatic rings. The van der Waals surface area contributed by atoms with Crippen LogP contribution in [0.15, 0.2) is 0 Å². The largest absolute Gasteiger partial charge is 0.329 e. The van der Waals surface area contributed by atoms with Crippen LogP contribution in [-0.4, -0.2) is 37.1 Å². The van der Waals surface area contributed by atoms with Gasteiger partial charge in [-0.15, -0.1) is 0 Å². The van der Waals surface area contributed by atoms with E-state index in [0.717, 1.165) is 50.9 Å². The molecule has 1 fully saturated rings. The molecule has 0 aromatic carbocycles. The molecular weight excluding hydrogens is 284 g/mol. The molecule has 0 unspecified atom stereocenters. The Kier molecular flexibility index (Phi) is 7.65. The van der Waals surface area contributed by atoms with E-state index in [4.69, 9.17) is 5.73 Å². The van der Waals surface area contributed by atoms with E-state index in [2.05, 4.69) is 6.92 Å². The average Bonchev–Trinajstić information content (AvgIpc) is 2.50. The number of sulfonamides is 1. The zero-order valence-corrected chi connectivity index (χ0v) is 14.9. The highest BCUT2D eigenvalue weighted by atomic mass is 32.2. The Labute approximate surface area is 131 Å². The number of rotatable bonds is 9. The van der Waals surface area contributed by atoms with Gasteiger partial charge < -0.3 is 5.73 Å². The second kappa shape index (κ2) is 8.49. The smallest absolute Gasteiger partial charge is 0.214 e. The van der Waals surface area contributed by atoms with Crippen LogP contribution < -0.4 is 5.73 Å². The summed E-state index contributed by atoms with van der Waals surface area (Å²) >= 11 is 0. The third kappa shape index (κ3) is 4.67. The minimum absolute atomic E-state index is 0.266.